The molecule has 1 rings (SSSR count). The predicted octanol–water partition coefficient (Wildman–Crippen LogP) is 0.719. The van der Waals surface area contributed by atoms with Crippen molar-refractivity contribution >= 4 is 0 Å². The molecule has 0 aliphatic carbocycles. The fourth-order valence-corrected chi connectivity index (χ4v) is 0.560. The first-order chi connectivity index (χ1) is 3.77. The van der Waals surface area contributed by atoms with Crippen molar-refractivity contribution in [3.8, 4) is 0 Å². The Kier molecular flexibility index (Phi) is 1.49. The molecule has 3 heteroatoms. The van der Waals surface area contributed by atoms with Gasteiger partial charge in [-0.3, -0.25) is 4.74 Å². The lowest BCUT2D eigenvalue weighted by atomic mass is 10.1. The van der Waals surface area contributed by atoms with Crippen LogP contribution in [-0.4, -0.2) is 25.7 Å². The molecule has 1 fully saturated rings. The maximum atomic E-state index is 11.9. The normalized spacial score (nSPS) is 38.2. The van der Waals surface area contributed by atoms with Crippen LogP contribution in [0.25, 0.3) is 0 Å². The van der Waals surface area contributed by atoms with Gasteiger partial charge in [0, 0.05) is 0 Å². The summed E-state index contributed by atoms with van der Waals surface area (Å²) >= 11 is 0. The molecule has 0 bridgehead atoms. The van der Waals surface area contributed by atoms with Crippen molar-refractivity contribution in [3.05, 3.63) is 0 Å². The highest BCUT2D eigenvalue weighted by molar-refractivity contribution is 4.75. The predicted molar refractivity (Wildman–Crippen MR) is 26.3 cm³/mol. The molecule has 0 amide bonds. The van der Waals surface area contributed by atoms with E-state index in [0.29, 0.717) is 6.61 Å². The van der Waals surface area contributed by atoms with Crippen molar-refractivity contribution in [2.75, 3.05) is 20.1 Å². The smallest absolute Gasteiger partial charge is 0.292 e. The molecule has 0 aromatic carbocycles. The summed E-state index contributed by atoms with van der Waals surface area (Å²) in [5, 5.41) is 0. The second kappa shape index (κ2) is 1.99. The van der Waals surface area contributed by atoms with Crippen molar-refractivity contribution in [1.82, 2.24) is 0 Å². The molecule has 0 saturated carbocycles. The number of ether oxygens (including phenoxy) is 2. The van der Waals surface area contributed by atoms with Crippen LogP contribution in [0, 0.1) is 0 Å². The van der Waals surface area contributed by atoms with E-state index in [1.165, 1.54) is 0 Å². The van der Waals surface area contributed by atoms with Gasteiger partial charge in [-0.25, -0.2) is 4.39 Å². The lowest BCUT2D eigenvalue weighted by Gasteiger charge is -2.08. The molecule has 0 aromatic heterocycles. The molecule has 0 spiro atoms. The lowest BCUT2D eigenvalue weighted by molar-refractivity contribution is -0.0105. The van der Waals surface area contributed by atoms with Crippen LogP contribution in [0.1, 0.15) is 6.92 Å². The Hall–Kier alpha value is -0.150. The molecule has 1 saturated heterocycles. The van der Waals surface area contributed by atoms with Crippen molar-refractivity contribution in [2.45, 2.75) is 12.5 Å². The quantitative estimate of drug-likeness (QED) is 0.475. The zero-order valence-electron chi connectivity index (χ0n) is 4.82. The summed E-state index contributed by atoms with van der Waals surface area (Å²) in [5.41, 5.74) is -0.653. The van der Waals surface area contributed by atoms with E-state index in [1.54, 1.807) is 6.92 Å². The number of halogens is 1. The van der Waals surface area contributed by atoms with Gasteiger partial charge in [-0.2, -0.15) is 0 Å². The average molecular weight is 120 g/mol. The third kappa shape index (κ3) is 0.980. The van der Waals surface area contributed by atoms with Gasteiger partial charge in [-0.05, 0) is 6.92 Å². The summed E-state index contributed by atoms with van der Waals surface area (Å²) in [4.78, 5) is 0. The monoisotopic (exact) mass is 120 g/mol. The van der Waals surface area contributed by atoms with E-state index in [0.717, 1.165) is 0 Å². The van der Waals surface area contributed by atoms with Gasteiger partial charge in [0.25, 0.3) is 6.61 Å². The SMILES string of the molecule is CC1(CF)C[O+]CO1. The zero-order chi connectivity index (χ0) is 6.04. The number of alkyl halides is 1. The summed E-state index contributed by atoms with van der Waals surface area (Å²) in [7, 11) is 0. The molecule has 47 valence electrons. The minimum atomic E-state index is -0.653. The minimum Gasteiger partial charge on any atom is -0.292 e. The molecule has 1 atom stereocenters. The van der Waals surface area contributed by atoms with Crippen LogP contribution in [0.15, 0.2) is 0 Å². The maximum absolute atomic E-state index is 11.9. The van der Waals surface area contributed by atoms with Crippen LogP contribution in [0.3, 0.4) is 0 Å². The summed E-state index contributed by atoms with van der Waals surface area (Å²) in [6, 6.07) is 0. The van der Waals surface area contributed by atoms with Crippen LogP contribution in [0.2, 0.25) is 0 Å². The van der Waals surface area contributed by atoms with E-state index in [4.69, 9.17) is 9.47 Å². The Morgan fingerprint density at radius 1 is 1.88 bits per heavy atom. The van der Waals surface area contributed by atoms with E-state index >= 15 is 0 Å². The van der Waals surface area contributed by atoms with Gasteiger partial charge in [-0.15, -0.1) is 4.74 Å². The van der Waals surface area contributed by atoms with E-state index in [-0.39, 0.29) is 6.79 Å². The molecule has 1 heterocycles. The molecule has 1 aliphatic rings. The second-order valence-corrected chi connectivity index (χ2v) is 2.19. The van der Waals surface area contributed by atoms with E-state index in [9.17, 15) is 4.39 Å². The number of rotatable bonds is 1. The molecule has 0 aromatic rings. The summed E-state index contributed by atoms with van der Waals surface area (Å²) in [6.45, 7) is 1.84. The molecule has 1 radical (unpaired) electrons. The van der Waals surface area contributed by atoms with Crippen LogP contribution >= 0.6 is 0 Å². The third-order valence-corrected chi connectivity index (χ3v) is 1.18. The van der Waals surface area contributed by atoms with Gasteiger partial charge in [0.15, 0.2) is 5.60 Å². The Balaban J connectivity index is 2.40. The van der Waals surface area contributed by atoms with Gasteiger partial charge in [0.2, 0.25) is 0 Å². The second-order valence-electron chi connectivity index (χ2n) is 2.19. The van der Waals surface area contributed by atoms with Crippen molar-refractivity contribution < 1.29 is 13.9 Å². The van der Waals surface area contributed by atoms with Crippen molar-refractivity contribution in [1.29, 1.82) is 0 Å². The third-order valence-electron chi connectivity index (χ3n) is 1.18. The average Bonchev–Trinajstić information content (AvgIpc) is 2.17. The number of hydrogen-bond acceptors (Lipinski definition) is 2. The highest BCUT2D eigenvalue weighted by Gasteiger charge is 2.39. The fraction of sp³-hybridized carbons (Fsp3) is 1.00. The topological polar surface area (TPSA) is 20.5 Å². The largest absolute Gasteiger partial charge is 0.328 e. The van der Waals surface area contributed by atoms with E-state index in [1.807, 2.05) is 0 Å². The summed E-state index contributed by atoms with van der Waals surface area (Å²) in [6.07, 6.45) is 0. The van der Waals surface area contributed by atoms with Crippen molar-refractivity contribution in [3.63, 3.8) is 0 Å². The Labute approximate surface area is 47.6 Å². The lowest BCUT2D eigenvalue weighted by Crippen LogP contribution is -2.29. The fourth-order valence-electron chi connectivity index (χ4n) is 0.560. The molecule has 8 heavy (non-hydrogen) atoms. The molecular formula is C5H9FO2+. The summed E-state index contributed by atoms with van der Waals surface area (Å²) < 4.78 is 21.6. The van der Waals surface area contributed by atoms with Gasteiger partial charge in [0.1, 0.15) is 6.67 Å². The van der Waals surface area contributed by atoms with Gasteiger partial charge in [-0.1, -0.05) is 0 Å². The first-order valence-electron chi connectivity index (χ1n) is 2.54. The molecule has 1 unspecified atom stereocenters. The van der Waals surface area contributed by atoms with Crippen LogP contribution in [0.5, 0.6) is 0 Å². The summed E-state index contributed by atoms with van der Waals surface area (Å²) in [5.74, 6) is 0. The van der Waals surface area contributed by atoms with E-state index < -0.39 is 12.3 Å². The van der Waals surface area contributed by atoms with Gasteiger partial charge < -0.3 is 0 Å². The van der Waals surface area contributed by atoms with Gasteiger partial charge in [0.05, 0.1) is 0 Å². The molecule has 1 aliphatic heterocycles. The number of hydrogen-bond donors (Lipinski definition) is 0. The maximum Gasteiger partial charge on any atom is 0.328 e. The van der Waals surface area contributed by atoms with Gasteiger partial charge >= 0.3 is 6.79 Å². The molecular weight excluding hydrogens is 111 g/mol. The van der Waals surface area contributed by atoms with Crippen LogP contribution in [-0.2, 0) is 9.47 Å². The molecule has 2 nitrogen and oxygen atoms in total. The van der Waals surface area contributed by atoms with E-state index in [2.05, 4.69) is 0 Å². The minimum absolute atomic E-state index is 0.237. The highest BCUT2D eigenvalue weighted by atomic mass is 19.1. The van der Waals surface area contributed by atoms with Crippen LogP contribution in [0.4, 0.5) is 4.39 Å². The highest BCUT2D eigenvalue weighted by Crippen LogP contribution is 2.17. The Morgan fingerprint density at radius 3 is 2.88 bits per heavy atom. The van der Waals surface area contributed by atoms with Crippen LogP contribution < -0.4 is 0 Å². The van der Waals surface area contributed by atoms with Crippen molar-refractivity contribution in [2.24, 2.45) is 0 Å². The first-order valence-corrected chi connectivity index (χ1v) is 2.54. The Bertz CT molecular complexity index is 78.5. The zero-order valence-corrected chi connectivity index (χ0v) is 4.82. The Morgan fingerprint density at radius 2 is 2.62 bits per heavy atom. The standard InChI is InChI=1S/C5H9FO2/c1-5(2-6)3-7-4-8-5/h2-4H2,1H3/q+1. The first kappa shape index (κ1) is 5.98. The molecule has 0 N–H and O–H groups in total.